The van der Waals surface area contributed by atoms with Gasteiger partial charge in [0.05, 0.1) is 26.4 Å². The van der Waals surface area contributed by atoms with E-state index >= 15 is 0 Å². The number of benzene rings is 2. The van der Waals surface area contributed by atoms with Crippen molar-refractivity contribution in [3.8, 4) is 16.3 Å². The van der Waals surface area contributed by atoms with Gasteiger partial charge in [0.15, 0.2) is 0 Å². The third-order valence-corrected chi connectivity index (χ3v) is 6.76. The molecule has 0 bridgehead atoms. The molecule has 0 spiro atoms. The van der Waals surface area contributed by atoms with Crippen LogP contribution in [-0.2, 0) is 6.54 Å². The first-order valence-corrected chi connectivity index (χ1v) is 11.6. The number of rotatable bonds is 4. The average molecular weight is 468 g/mol. The van der Waals surface area contributed by atoms with Crippen LogP contribution in [0.4, 0.5) is 5.69 Å². The number of thiophene rings is 1. The molecule has 2 aromatic carbocycles. The van der Waals surface area contributed by atoms with Gasteiger partial charge in [0, 0.05) is 30.4 Å². The van der Waals surface area contributed by atoms with E-state index < -0.39 is 4.92 Å². The minimum Gasteiger partial charge on any atom is -0.292 e. The number of hydrogen-bond acceptors (Lipinski definition) is 6. The zero-order valence-electron chi connectivity index (χ0n) is 17.8. The Bertz CT molecular complexity index is 1650. The Kier molecular flexibility index (Phi) is 4.70. The van der Waals surface area contributed by atoms with Gasteiger partial charge in [0.2, 0.25) is 0 Å². The summed E-state index contributed by atoms with van der Waals surface area (Å²) < 4.78 is 3.46. The third kappa shape index (κ3) is 3.34. The monoisotopic (exact) mass is 467 g/mol. The van der Waals surface area contributed by atoms with Crippen LogP contribution in [0.15, 0.2) is 77.0 Å². The predicted octanol–water partition coefficient (Wildman–Crippen LogP) is 5.16. The van der Waals surface area contributed by atoms with Crippen molar-refractivity contribution in [2.75, 3.05) is 0 Å². The van der Waals surface area contributed by atoms with E-state index in [1.165, 1.54) is 18.2 Å². The van der Waals surface area contributed by atoms with E-state index in [2.05, 4.69) is 0 Å². The lowest BCUT2D eigenvalue weighted by Gasteiger charge is -2.05. The van der Waals surface area contributed by atoms with Crippen LogP contribution in [-0.4, -0.2) is 24.3 Å². The van der Waals surface area contributed by atoms with E-state index in [9.17, 15) is 14.9 Å². The molecule has 0 saturated carbocycles. The third-order valence-electron chi connectivity index (χ3n) is 5.89. The van der Waals surface area contributed by atoms with E-state index in [0.717, 1.165) is 27.4 Å². The Morgan fingerprint density at radius 1 is 1.09 bits per heavy atom. The minimum atomic E-state index is -0.501. The first kappa shape index (κ1) is 20.3. The highest BCUT2D eigenvalue weighted by Crippen LogP contribution is 2.33. The van der Waals surface area contributed by atoms with Gasteiger partial charge in [-0.05, 0) is 47.7 Å². The molecule has 166 valence electrons. The Morgan fingerprint density at radius 3 is 2.71 bits per heavy atom. The summed E-state index contributed by atoms with van der Waals surface area (Å²) in [7, 11) is 0. The predicted molar refractivity (Wildman–Crippen MR) is 132 cm³/mol. The zero-order valence-corrected chi connectivity index (χ0v) is 18.6. The summed E-state index contributed by atoms with van der Waals surface area (Å²) in [6.07, 6.45) is 4.67. The molecule has 5 aromatic rings. The molecule has 0 fully saturated rings. The highest BCUT2D eigenvalue weighted by Gasteiger charge is 2.23. The molecule has 3 aromatic heterocycles. The van der Waals surface area contributed by atoms with Crippen molar-refractivity contribution in [3.05, 3.63) is 104 Å². The number of fused-ring (bicyclic) bond motifs is 2. The summed E-state index contributed by atoms with van der Waals surface area (Å²) in [6, 6.07) is 18.2. The van der Waals surface area contributed by atoms with Crippen molar-refractivity contribution in [2.24, 2.45) is 0 Å². The Labute approximate surface area is 197 Å². The largest absolute Gasteiger partial charge is 0.292 e. The van der Waals surface area contributed by atoms with Gasteiger partial charge < -0.3 is 0 Å². The van der Waals surface area contributed by atoms with Crippen molar-refractivity contribution >= 4 is 39.6 Å². The van der Waals surface area contributed by atoms with E-state index in [1.54, 1.807) is 15.9 Å². The normalized spacial score (nSPS) is 14.1. The van der Waals surface area contributed by atoms with Crippen molar-refractivity contribution < 1.29 is 4.92 Å². The maximum absolute atomic E-state index is 13.1. The van der Waals surface area contributed by atoms with Crippen LogP contribution in [0.25, 0.3) is 38.8 Å². The summed E-state index contributed by atoms with van der Waals surface area (Å²) >= 11 is 1.62. The van der Waals surface area contributed by atoms with Crippen molar-refractivity contribution in [1.82, 2.24) is 19.3 Å². The molecule has 9 heteroatoms. The molecule has 0 unspecified atom stereocenters. The molecule has 0 aliphatic carbocycles. The number of hydrogen-bond donors (Lipinski definition) is 0. The van der Waals surface area contributed by atoms with Crippen LogP contribution < -0.4 is 5.56 Å². The summed E-state index contributed by atoms with van der Waals surface area (Å²) in [4.78, 5) is 29.5. The van der Waals surface area contributed by atoms with Gasteiger partial charge in [-0.25, -0.2) is 9.67 Å². The molecular formula is C25H17N5O3S. The highest BCUT2D eigenvalue weighted by atomic mass is 32.1. The van der Waals surface area contributed by atoms with Crippen molar-refractivity contribution in [1.29, 1.82) is 0 Å². The van der Waals surface area contributed by atoms with Gasteiger partial charge in [-0.3, -0.25) is 19.5 Å². The summed E-state index contributed by atoms with van der Waals surface area (Å²) in [5.41, 5.74) is 3.77. The lowest BCUT2D eigenvalue weighted by atomic mass is 10.1. The molecule has 1 aliphatic rings. The van der Waals surface area contributed by atoms with Gasteiger partial charge in [0.25, 0.3) is 11.2 Å². The van der Waals surface area contributed by atoms with Gasteiger partial charge in [0.1, 0.15) is 11.5 Å². The zero-order chi connectivity index (χ0) is 23.2. The number of nitro benzene ring substituents is 1. The van der Waals surface area contributed by atoms with Crippen LogP contribution in [0.3, 0.4) is 0 Å². The highest BCUT2D eigenvalue weighted by molar-refractivity contribution is 7.13. The smallest absolute Gasteiger partial charge is 0.270 e. The summed E-state index contributed by atoms with van der Waals surface area (Å²) in [5, 5.41) is 18.3. The van der Waals surface area contributed by atoms with Gasteiger partial charge in [-0.1, -0.05) is 24.3 Å². The quantitative estimate of drug-likeness (QED) is 0.269. The maximum atomic E-state index is 13.1. The Morgan fingerprint density at radius 2 is 1.94 bits per heavy atom. The van der Waals surface area contributed by atoms with Crippen molar-refractivity contribution in [3.63, 3.8) is 0 Å². The number of para-hydroxylation sites is 1. The topological polar surface area (TPSA) is 95.9 Å². The standard InChI is InChI=1S/C25H17N5O3S/c31-25-20-14-19(30(32)33)8-9-21(20)26-24-16(10-11-28(24)25)13-17-15-29(18-5-2-1-3-6-18)27-23(17)22-7-4-12-34-22/h1-9,12-15H,10-11H2/b16-13-. The second-order valence-electron chi connectivity index (χ2n) is 7.96. The van der Waals surface area contributed by atoms with E-state index in [0.29, 0.717) is 24.3 Å². The van der Waals surface area contributed by atoms with Crippen molar-refractivity contribution in [2.45, 2.75) is 13.0 Å². The fourth-order valence-electron chi connectivity index (χ4n) is 4.25. The summed E-state index contributed by atoms with van der Waals surface area (Å²) in [5.74, 6) is 0.593. The molecule has 0 atom stereocenters. The van der Waals surface area contributed by atoms with Crippen LogP contribution in [0.5, 0.6) is 0 Å². The molecule has 4 heterocycles. The average Bonchev–Trinajstić information content (AvgIpc) is 3.60. The molecule has 1 aliphatic heterocycles. The molecule has 0 saturated heterocycles. The molecule has 0 radical (unpaired) electrons. The second kappa shape index (κ2) is 7.89. The van der Waals surface area contributed by atoms with Gasteiger partial charge >= 0.3 is 0 Å². The summed E-state index contributed by atoms with van der Waals surface area (Å²) in [6.45, 7) is 0.479. The minimum absolute atomic E-state index is 0.116. The van der Waals surface area contributed by atoms with E-state index in [-0.39, 0.29) is 16.6 Å². The van der Waals surface area contributed by atoms with Crippen LogP contribution >= 0.6 is 11.3 Å². The van der Waals surface area contributed by atoms with Gasteiger partial charge in [-0.15, -0.1) is 11.3 Å². The van der Waals surface area contributed by atoms with Crippen LogP contribution in [0, 0.1) is 10.1 Å². The molecule has 0 amide bonds. The Balaban J connectivity index is 1.50. The molecular weight excluding hydrogens is 450 g/mol. The molecule has 6 rings (SSSR count). The fourth-order valence-corrected chi connectivity index (χ4v) is 4.99. The van der Waals surface area contributed by atoms with E-state index in [1.807, 2.05) is 64.8 Å². The number of nitro groups is 1. The lowest BCUT2D eigenvalue weighted by Crippen LogP contribution is -2.20. The molecule has 34 heavy (non-hydrogen) atoms. The number of allylic oxidation sites excluding steroid dienone is 1. The SMILES string of the molecule is O=c1c2cc([N+](=O)[O-])ccc2nc2n1CC/C2=C/c1cn(-c2ccccc2)nc1-c1cccs1. The number of non-ortho nitro benzene ring substituents is 1. The fraction of sp³-hybridized carbons (Fsp3) is 0.0800. The van der Waals surface area contributed by atoms with Gasteiger partial charge in [-0.2, -0.15) is 5.10 Å². The molecule has 0 N–H and O–H groups in total. The van der Waals surface area contributed by atoms with Crippen LogP contribution in [0.1, 0.15) is 17.8 Å². The number of aromatic nitrogens is 4. The van der Waals surface area contributed by atoms with E-state index in [4.69, 9.17) is 10.1 Å². The first-order valence-electron chi connectivity index (χ1n) is 10.7. The maximum Gasteiger partial charge on any atom is 0.270 e. The Hall–Kier alpha value is -4.37. The molecule has 8 nitrogen and oxygen atoms in total. The van der Waals surface area contributed by atoms with Crippen LogP contribution in [0.2, 0.25) is 0 Å². The first-order chi connectivity index (χ1) is 16.6. The second-order valence-corrected chi connectivity index (χ2v) is 8.91. The lowest BCUT2D eigenvalue weighted by molar-refractivity contribution is -0.384. The number of nitrogens with zero attached hydrogens (tertiary/aromatic N) is 5.